The molecule has 39 heavy (non-hydrogen) atoms. The first-order valence-corrected chi connectivity index (χ1v) is 12.6. The number of hydrogen-bond acceptors (Lipinski definition) is 6. The van der Waals surface area contributed by atoms with Crippen LogP contribution in [-0.2, 0) is 12.6 Å². The molecule has 8 nitrogen and oxygen atoms in total. The van der Waals surface area contributed by atoms with Crippen molar-refractivity contribution < 1.29 is 22.4 Å². The first kappa shape index (κ1) is 26.7. The van der Waals surface area contributed by atoms with Crippen molar-refractivity contribution in [3.63, 3.8) is 0 Å². The molecule has 3 N–H and O–H groups in total. The molecule has 0 bridgehead atoms. The van der Waals surface area contributed by atoms with Crippen molar-refractivity contribution in [3.05, 3.63) is 69.5 Å². The molecule has 2 aliphatic heterocycles. The van der Waals surface area contributed by atoms with Gasteiger partial charge in [-0.05, 0) is 51.1 Å². The number of benzene rings is 1. The fourth-order valence-corrected chi connectivity index (χ4v) is 5.15. The molecule has 1 aromatic carbocycles. The van der Waals surface area contributed by atoms with Gasteiger partial charge < -0.3 is 20.5 Å². The molecule has 1 fully saturated rings. The highest BCUT2D eigenvalue weighted by Gasteiger charge is 2.36. The highest BCUT2D eigenvalue weighted by Crippen LogP contribution is 2.38. The van der Waals surface area contributed by atoms with Crippen molar-refractivity contribution in [2.24, 2.45) is 0 Å². The number of aromatic nitrogens is 2. The summed E-state index contributed by atoms with van der Waals surface area (Å²) in [5, 5.41) is 5.72. The fourth-order valence-electron chi connectivity index (χ4n) is 5.15. The van der Waals surface area contributed by atoms with Gasteiger partial charge in [0.25, 0.3) is 5.91 Å². The van der Waals surface area contributed by atoms with E-state index in [9.17, 15) is 22.8 Å². The second kappa shape index (κ2) is 9.99. The number of alkyl halides is 3. The zero-order valence-electron chi connectivity index (χ0n) is 21.6. The molecule has 5 rings (SSSR count). The summed E-state index contributed by atoms with van der Waals surface area (Å²) in [5.74, 6) is -0.902. The maximum Gasteiger partial charge on any atom is 0.417 e. The van der Waals surface area contributed by atoms with E-state index in [4.69, 9.17) is 0 Å². The summed E-state index contributed by atoms with van der Waals surface area (Å²) in [6.07, 6.45) is -1.94. The van der Waals surface area contributed by atoms with Crippen LogP contribution in [0.4, 0.5) is 34.8 Å². The molecule has 2 aromatic heterocycles. The molecule has 0 aliphatic carbocycles. The van der Waals surface area contributed by atoms with Crippen LogP contribution in [0.1, 0.15) is 35.3 Å². The van der Waals surface area contributed by atoms with E-state index < -0.39 is 34.6 Å². The van der Waals surface area contributed by atoms with Crippen molar-refractivity contribution in [2.75, 3.05) is 42.2 Å². The lowest BCUT2D eigenvalue weighted by molar-refractivity contribution is -0.138. The van der Waals surface area contributed by atoms with Gasteiger partial charge in [-0.2, -0.15) is 13.2 Å². The van der Waals surface area contributed by atoms with E-state index in [0.717, 1.165) is 30.5 Å². The molecule has 2 atom stereocenters. The molecule has 1 saturated heterocycles. The Morgan fingerprint density at radius 2 is 1.85 bits per heavy atom. The number of H-pyrrole nitrogens is 1. The van der Waals surface area contributed by atoms with Gasteiger partial charge in [-0.15, -0.1) is 0 Å². The van der Waals surface area contributed by atoms with Crippen LogP contribution in [0.2, 0.25) is 0 Å². The van der Waals surface area contributed by atoms with Gasteiger partial charge in [-0.1, -0.05) is 0 Å². The summed E-state index contributed by atoms with van der Waals surface area (Å²) in [6.45, 7) is 5.79. The molecule has 4 heterocycles. The number of halogens is 4. The SMILES string of the molecule is C[C@@H]1CN(c2cc(F)c(-c3cnc4c(c3)CCN4)cc2NC(=O)c2c[nH]c(=O)cc2C(F)(F)F)C[C@H](C)N1C. The average molecular weight is 545 g/mol. The molecule has 0 saturated carbocycles. The molecule has 0 unspecified atom stereocenters. The Labute approximate surface area is 222 Å². The molecule has 2 aliphatic rings. The van der Waals surface area contributed by atoms with Gasteiger partial charge >= 0.3 is 6.18 Å². The van der Waals surface area contributed by atoms with Crippen LogP contribution in [0, 0.1) is 5.82 Å². The summed E-state index contributed by atoms with van der Waals surface area (Å²) in [6, 6.07) is 5.10. The number of carbonyl (C=O) groups excluding carboxylic acids is 1. The van der Waals surface area contributed by atoms with E-state index in [0.29, 0.717) is 30.4 Å². The minimum atomic E-state index is -4.93. The van der Waals surface area contributed by atoms with Crippen molar-refractivity contribution in [3.8, 4) is 11.1 Å². The van der Waals surface area contributed by atoms with Gasteiger partial charge in [-0.3, -0.25) is 14.5 Å². The second-order valence-electron chi connectivity index (χ2n) is 10.1. The van der Waals surface area contributed by atoms with Gasteiger partial charge in [0.15, 0.2) is 0 Å². The Bertz CT molecular complexity index is 1480. The lowest BCUT2D eigenvalue weighted by Gasteiger charge is -2.44. The van der Waals surface area contributed by atoms with Crippen LogP contribution < -0.4 is 21.1 Å². The third kappa shape index (κ3) is 5.20. The van der Waals surface area contributed by atoms with Gasteiger partial charge in [0.1, 0.15) is 11.6 Å². The first-order chi connectivity index (χ1) is 18.4. The third-order valence-corrected chi connectivity index (χ3v) is 7.47. The molecule has 1 amide bonds. The largest absolute Gasteiger partial charge is 0.417 e. The summed E-state index contributed by atoms with van der Waals surface area (Å²) >= 11 is 0. The molecule has 0 spiro atoms. The van der Waals surface area contributed by atoms with Crippen LogP contribution in [0.25, 0.3) is 11.1 Å². The maximum absolute atomic E-state index is 15.6. The summed E-state index contributed by atoms with van der Waals surface area (Å²) in [4.78, 5) is 35.4. The number of nitrogens with zero attached hydrogens (tertiary/aromatic N) is 3. The molecule has 3 aromatic rings. The molecule has 0 radical (unpaired) electrons. The minimum Gasteiger partial charge on any atom is -0.370 e. The quantitative estimate of drug-likeness (QED) is 0.423. The second-order valence-corrected chi connectivity index (χ2v) is 10.1. The van der Waals surface area contributed by atoms with Crippen LogP contribution >= 0.6 is 0 Å². The standard InChI is InChI=1S/C27H28F4N6O2/c1-14-12-37(13-15(2)36(14)3)23-9-21(28)18(17-6-16-4-5-32-25(16)34-10-17)7-22(23)35-26(39)19-11-33-24(38)8-20(19)27(29,30)31/h6-11,14-15H,4-5,12-13H2,1-3H3,(H,32,34)(H,33,38)(H,35,39)/t14-,15+. The zero-order chi connectivity index (χ0) is 28.1. The van der Waals surface area contributed by atoms with Gasteiger partial charge in [-0.25, -0.2) is 9.37 Å². The first-order valence-electron chi connectivity index (χ1n) is 12.6. The van der Waals surface area contributed by atoms with Gasteiger partial charge in [0.05, 0.1) is 22.5 Å². The summed E-state index contributed by atoms with van der Waals surface area (Å²) in [5.41, 5.74) is -1.02. The molecule has 206 valence electrons. The predicted octanol–water partition coefficient (Wildman–Crippen LogP) is 4.34. The summed E-state index contributed by atoms with van der Waals surface area (Å²) < 4.78 is 56.6. The molecular weight excluding hydrogens is 516 g/mol. The minimum absolute atomic E-state index is 0.101. The topological polar surface area (TPSA) is 93.4 Å². The maximum atomic E-state index is 15.6. The number of fused-ring (bicyclic) bond motifs is 1. The Balaban J connectivity index is 1.60. The Morgan fingerprint density at radius 3 is 2.54 bits per heavy atom. The van der Waals surface area contributed by atoms with E-state index in [1.165, 1.54) is 18.3 Å². The van der Waals surface area contributed by atoms with E-state index in [1.807, 2.05) is 31.9 Å². The van der Waals surface area contributed by atoms with E-state index >= 15 is 4.39 Å². The van der Waals surface area contributed by atoms with Crippen LogP contribution in [-0.4, -0.2) is 59.5 Å². The van der Waals surface area contributed by atoms with Crippen molar-refractivity contribution in [2.45, 2.75) is 38.5 Å². The molecule has 12 heteroatoms. The van der Waals surface area contributed by atoms with Crippen LogP contribution in [0.3, 0.4) is 0 Å². The normalized spacial score (nSPS) is 19.5. The zero-order valence-corrected chi connectivity index (χ0v) is 21.6. The third-order valence-electron chi connectivity index (χ3n) is 7.47. The number of piperazine rings is 1. The van der Waals surface area contributed by atoms with Crippen molar-refractivity contribution in [1.29, 1.82) is 0 Å². The number of hydrogen-bond donors (Lipinski definition) is 3. The number of likely N-dealkylation sites (N-methyl/N-ethyl adjacent to an activating group) is 1. The van der Waals surface area contributed by atoms with E-state index in [-0.39, 0.29) is 23.3 Å². The fraction of sp³-hybridized carbons (Fsp3) is 0.370. The number of amides is 1. The predicted molar refractivity (Wildman–Crippen MR) is 141 cm³/mol. The van der Waals surface area contributed by atoms with Crippen LogP contribution in [0.15, 0.2) is 41.5 Å². The van der Waals surface area contributed by atoms with Crippen molar-refractivity contribution >= 4 is 23.1 Å². The van der Waals surface area contributed by atoms with Crippen LogP contribution in [0.5, 0.6) is 0 Å². The Hall–Kier alpha value is -3.93. The number of carbonyl (C=O) groups is 1. The number of nitrogens with one attached hydrogen (secondary N) is 3. The van der Waals surface area contributed by atoms with E-state index in [2.05, 4.69) is 25.5 Å². The Kier molecular flexibility index (Phi) is 6.83. The molecular formula is C27H28F4N6O2. The van der Waals surface area contributed by atoms with E-state index in [1.54, 1.807) is 0 Å². The highest BCUT2D eigenvalue weighted by molar-refractivity contribution is 6.07. The average Bonchev–Trinajstić information content (AvgIpc) is 3.35. The monoisotopic (exact) mass is 544 g/mol. The smallest absolute Gasteiger partial charge is 0.370 e. The lowest BCUT2D eigenvalue weighted by Crippen LogP contribution is -2.55. The summed E-state index contributed by atoms with van der Waals surface area (Å²) in [7, 11) is 1.99. The number of pyridine rings is 2. The van der Waals surface area contributed by atoms with Gasteiger partial charge in [0, 0.05) is 61.3 Å². The highest BCUT2D eigenvalue weighted by atomic mass is 19.4. The lowest BCUT2D eigenvalue weighted by atomic mass is 10.0. The Morgan fingerprint density at radius 1 is 1.13 bits per heavy atom. The number of anilines is 3. The van der Waals surface area contributed by atoms with Crippen molar-refractivity contribution in [1.82, 2.24) is 14.9 Å². The van der Waals surface area contributed by atoms with Gasteiger partial charge in [0.2, 0.25) is 5.56 Å². The number of aromatic amines is 1. The number of rotatable bonds is 4.